The number of aliphatic hydroxyl groups excluding tert-OH is 1. The van der Waals surface area contributed by atoms with E-state index in [2.05, 4.69) is 10.6 Å². The van der Waals surface area contributed by atoms with E-state index in [1.807, 2.05) is 20.8 Å². The number of nitrogens with one attached hydrogen (secondary N) is 2. The molecule has 0 spiro atoms. The molecule has 0 fully saturated rings. The minimum absolute atomic E-state index is 0.0397. The first-order chi connectivity index (χ1) is 9.97. The van der Waals surface area contributed by atoms with Gasteiger partial charge in [-0.25, -0.2) is 4.79 Å². The van der Waals surface area contributed by atoms with Gasteiger partial charge in [-0.05, 0) is 37.5 Å². The quantitative estimate of drug-likeness (QED) is 0.723. The Labute approximate surface area is 130 Å². The Kier molecular flexibility index (Phi) is 7.32. The van der Waals surface area contributed by atoms with Crippen molar-refractivity contribution in [2.75, 3.05) is 18.5 Å². The molecule has 1 aromatic rings. The van der Waals surface area contributed by atoms with Gasteiger partial charge in [0.15, 0.2) is 0 Å². The third kappa shape index (κ3) is 5.81. The van der Waals surface area contributed by atoms with Crippen LogP contribution in [0.15, 0.2) is 18.2 Å². The van der Waals surface area contributed by atoms with Crippen molar-refractivity contribution in [3.63, 3.8) is 0 Å². The minimum atomic E-state index is -0.317. The molecule has 0 aromatic heterocycles. The van der Waals surface area contributed by atoms with Crippen LogP contribution in [0.4, 0.5) is 10.5 Å². The number of amides is 2. The van der Waals surface area contributed by atoms with Gasteiger partial charge in [-0.15, -0.1) is 0 Å². The molecule has 6 heteroatoms. The molecule has 2 amide bonds. The first kappa shape index (κ1) is 17.6. The van der Waals surface area contributed by atoms with Gasteiger partial charge in [-0.2, -0.15) is 0 Å². The highest BCUT2D eigenvalue weighted by atomic mass is 35.5. The normalized spacial score (nSPS) is 12.1. The van der Waals surface area contributed by atoms with Crippen LogP contribution >= 0.6 is 11.6 Å². The number of carbonyl (C=O) groups is 1. The molecule has 0 heterocycles. The molecule has 1 unspecified atom stereocenters. The van der Waals surface area contributed by atoms with Crippen molar-refractivity contribution in [1.82, 2.24) is 5.32 Å². The number of hydrogen-bond acceptors (Lipinski definition) is 3. The summed E-state index contributed by atoms with van der Waals surface area (Å²) in [5.41, 5.74) is 0.590. The van der Waals surface area contributed by atoms with E-state index in [0.717, 1.165) is 0 Å². The molecule has 0 saturated carbocycles. The van der Waals surface area contributed by atoms with Gasteiger partial charge in [-0.1, -0.05) is 25.4 Å². The van der Waals surface area contributed by atoms with Crippen molar-refractivity contribution in [3.05, 3.63) is 23.2 Å². The van der Waals surface area contributed by atoms with Gasteiger partial charge in [0.05, 0.1) is 11.6 Å². The first-order valence-corrected chi connectivity index (χ1v) is 7.46. The summed E-state index contributed by atoms with van der Waals surface area (Å²) in [5.74, 6) is 0.831. The average molecular weight is 315 g/mol. The highest BCUT2D eigenvalue weighted by Gasteiger charge is 2.15. The largest absolute Gasteiger partial charge is 0.492 e. The fourth-order valence-electron chi connectivity index (χ4n) is 1.90. The predicted octanol–water partition coefficient (Wildman–Crippen LogP) is 3.27. The number of rotatable bonds is 7. The summed E-state index contributed by atoms with van der Waals surface area (Å²) in [6.45, 7) is 6.44. The van der Waals surface area contributed by atoms with Crippen molar-refractivity contribution in [3.8, 4) is 5.75 Å². The number of urea groups is 1. The monoisotopic (exact) mass is 314 g/mol. The van der Waals surface area contributed by atoms with Crippen molar-refractivity contribution in [1.29, 1.82) is 0 Å². The van der Waals surface area contributed by atoms with Gasteiger partial charge in [0.1, 0.15) is 5.75 Å². The average Bonchev–Trinajstić information content (AvgIpc) is 2.41. The summed E-state index contributed by atoms with van der Waals surface area (Å²) in [6, 6.07) is 4.69. The molecule has 0 aliphatic heterocycles. The van der Waals surface area contributed by atoms with Crippen molar-refractivity contribution in [2.45, 2.75) is 33.2 Å². The maximum atomic E-state index is 11.9. The van der Waals surface area contributed by atoms with E-state index >= 15 is 0 Å². The van der Waals surface area contributed by atoms with E-state index in [9.17, 15) is 4.79 Å². The molecular formula is C15H23ClN2O3. The van der Waals surface area contributed by atoms with Crippen LogP contribution in [0.5, 0.6) is 5.75 Å². The van der Waals surface area contributed by atoms with Gasteiger partial charge in [0.25, 0.3) is 0 Å². The summed E-state index contributed by atoms with van der Waals surface area (Å²) in [5, 5.41) is 15.0. The zero-order valence-electron chi connectivity index (χ0n) is 12.6. The van der Waals surface area contributed by atoms with Gasteiger partial charge >= 0.3 is 6.03 Å². The number of ether oxygens (including phenoxy) is 1. The molecule has 0 aliphatic rings. The molecule has 0 bridgehead atoms. The second kappa shape index (κ2) is 8.74. The van der Waals surface area contributed by atoms with Crippen molar-refractivity contribution in [2.24, 2.45) is 5.92 Å². The highest BCUT2D eigenvalue weighted by molar-refractivity contribution is 6.32. The Morgan fingerprint density at radius 2 is 2.14 bits per heavy atom. The molecule has 0 saturated heterocycles. The minimum Gasteiger partial charge on any atom is -0.492 e. The topological polar surface area (TPSA) is 70.6 Å². The zero-order chi connectivity index (χ0) is 15.8. The summed E-state index contributed by atoms with van der Waals surface area (Å²) in [4.78, 5) is 11.9. The number of benzene rings is 1. The van der Waals surface area contributed by atoms with Gasteiger partial charge in [-0.3, -0.25) is 0 Å². The molecule has 1 aromatic carbocycles. The van der Waals surface area contributed by atoms with Gasteiger partial charge in [0.2, 0.25) is 0 Å². The van der Waals surface area contributed by atoms with Crippen LogP contribution in [0.2, 0.25) is 5.02 Å². The molecule has 1 rings (SSSR count). The Hall–Kier alpha value is -1.46. The van der Waals surface area contributed by atoms with Crippen molar-refractivity contribution >= 4 is 23.3 Å². The Balaban J connectivity index is 2.63. The lowest BCUT2D eigenvalue weighted by molar-refractivity contribution is 0.227. The lowest BCUT2D eigenvalue weighted by Gasteiger charge is -2.21. The van der Waals surface area contributed by atoms with Crippen LogP contribution in [0.25, 0.3) is 0 Å². The SMILES string of the molecule is CCOc1ccc(NC(=O)NC(CCO)C(C)C)cc1Cl. The molecule has 3 N–H and O–H groups in total. The van der Waals surface area contributed by atoms with E-state index in [1.165, 1.54) is 0 Å². The molecule has 21 heavy (non-hydrogen) atoms. The van der Waals surface area contributed by atoms with Crippen LogP contribution in [0.3, 0.4) is 0 Å². The van der Waals surface area contributed by atoms with E-state index in [-0.39, 0.29) is 24.6 Å². The molecule has 118 valence electrons. The number of aliphatic hydroxyl groups is 1. The zero-order valence-corrected chi connectivity index (χ0v) is 13.4. The number of halogens is 1. The van der Waals surface area contributed by atoms with Crippen LogP contribution < -0.4 is 15.4 Å². The molecule has 5 nitrogen and oxygen atoms in total. The maximum Gasteiger partial charge on any atom is 0.319 e. The van der Waals surface area contributed by atoms with E-state index in [1.54, 1.807) is 18.2 Å². The lowest BCUT2D eigenvalue weighted by Crippen LogP contribution is -2.41. The maximum absolute atomic E-state index is 11.9. The van der Waals surface area contributed by atoms with E-state index < -0.39 is 0 Å². The third-order valence-corrected chi connectivity index (χ3v) is 3.35. The summed E-state index contributed by atoms with van der Waals surface area (Å²) < 4.78 is 5.34. The standard InChI is InChI=1S/C15H23ClN2O3/c1-4-21-14-6-5-11(9-12(14)16)17-15(20)18-13(7-8-19)10(2)3/h5-6,9-10,13,19H,4,7-8H2,1-3H3,(H2,17,18,20). The Morgan fingerprint density at radius 1 is 1.43 bits per heavy atom. The second-order valence-electron chi connectivity index (χ2n) is 5.04. The summed E-state index contributed by atoms with van der Waals surface area (Å²) in [6.07, 6.45) is 0.523. The number of hydrogen-bond donors (Lipinski definition) is 3. The Bertz CT molecular complexity index is 466. The first-order valence-electron chi connectivity index (χ1n) is 7.08. The van der Waals surface area contributed by atoms with Crippen LogP contribution in [-0.4, -0.2) is 30.4 Å². The summed E-state index contributed by atoms with van der Waals surface area (Å²) >= 11 is 6.07. The van der Waals surface area contributed by atoms with Crippen molar-refractivity contribution < 1.29 is 14.6 Å². The Morgan fingerprint density at radius 3 is 2.67 bits per heavy atom. The highest BCUT2D eigenvalue weighted by Crippen LogP contribution is 2.27. The van der Waals surface area contributed by atoms with Crippen LogP contribution in [-0.2, 0) is 0 Å². The third-order valence-electron chi connectivity index (χ3n) is 3.05. The molecule has 0 aliphatic carbocycles. The second-order valence-corrected chi connectivity index (χ2v) is 5.45. The van der Waals surface area contributed by atoms with E-state index in [4.69, 9.17) is 21.4 Å². The fraction of sp³-hybridized carbons (Fsp3) is 0.533. The van der Waals surface area contributed by atoms with Gasteiger partial charge < -0.3 is 20.5 Å². The van der Waals surface area contributed by atoms with E-state index in [0.29, 0.717) is 29.5 Å². The molecular weight excluding hydrogens is 292 g/mol. The fourth-order valence-corrected chi connectivity index (χ4v) is 2.13. The molecule has 0 radical (unpaired) electrons. The molecule has 1 atom stereocenters. The van der Waals surface area contributed by atoms with Gasteiger partial charge in [0, 0.05) is 18.3 Å². The lowest BCUT2D eigenvalue weighted by atomic mass is 10.0. The number of carbonyl (C=O) groups excluding carboxylic acids is 1. The number of anilines is 1. The van der Waals surface area contributed by atoms with Crippen LogP contribution in [0, 0.1) is 5.92 Å². The smallest absolute Gasteiger partial charge is 0.319 e. The summed E-state index contributed by atoms with van der Waals surface area (Å²) in [7, 11) is 0. The van der Waals surface area contributed by atoms with Crippen LogP contribution in [0.1, 0.15) is 27.2 Å². The predicted molar refractivity (Wildman–Crippen MR) is 85.1 cm³/mol.